The van der Waals surface area contributed by atoms with Crippen LogP contribution in [0.3, 0.4) is 0 Å². The molecular formula is C12H18O3. The highest BCUT2D eigenvalue weighted by Crippen LogP contribution is 2.48. The molecule has 0 aliphatic heterocycles. The van der Waals surface area contributed by atoms with Gasteiger partial charge in [-0.05, 0) is 38.5 Å². The van der Waals surface area contributed by atoms with E-state index in [-0.39, 0.29) is 11.8 Å². The van der Waals surface area contributed by atoms with Gasteiger partial charge in [0.2, 0.25) is 0 Å². The standard InChI is InChI=1S/C12H18O3/c1-7-3-8-4-9(10(7)13)6-12(2,5-8)11(14)15/h7-9H,3-6H2,1-2H3,(H,14,15). The molecule has 4 unspecified atom stereocenters. The van der Waals surface area contributed by atoms with Gasteiger partial charge in [0.15, 0.2) is 0 Å². The lowest BCUT2D eigenvalue weighted by Crippen LogP contribution is -2.45. The predicted molar refractivity (Wildman–Crippen MR) is 55.4 cm³/mol. The summed E-state index contributed by atoms with van der Waals surface area (Å²) >= 11 is 0. The first-order valence-electron chi connectivity index (χ1n) is 5.69. The maximum absolute atomic E-state index is 11.9. The second kappa shape index (κ2) is 3.32. The van der Waals surface area contributed by atoms with Crippen LogP contribution in [0.25, 0.3) is 0 Å². The number of carboxylic acids is 1. The van der Waals surface area contributed by atoms with E-state index in [4.69, 9.17) is 0 Å². The second-order valence-electron chi connectivity index (χ2n) is 5.61. The molecule has 2 rings (SSSR count). The molecule has 2 fully saturated rings. The highest BCUT2D eigenvalue weighted by Gasteiger charge is 2.48. The van der Waals surface area contributed by atoms with E-state index in [1.54, 1.807) is 6.92 Å². The number of ketones is 1. The minimum atomic E-state index is -0.737. The molecule has 0 aromatic rings. The number of hydrogen-bond donors (Lipinski definition) is 1. The van der Waals surface area contributed by atoms with E-state index in [1.165, 1.54) is 0 Å². The van der Waals surface area contributed by atoms with Gasteiger partial charge in [-0.3, -0.25) is 9.59 Å². The predicted octanol–water partition coefficient (Wildman–Crippen LogP) is 2.10. The lowest BCUT2D eigenvalue weighted by atomic mass is 9.59. The molecule has 84 valence electrons. The van der Waals surface area contributed by atoms with Gasteiger partial charge in [0, 0.05) is 11.8 Å². The van der Waals surface area contributed by atoms with Crippen LogP contribution in [0.1, 0.15) is 39.5 Å². The minimum absolute atomic E-state index is 0.00796. The van der Waals surface area contributed by atoms with Gasteiger partial charge < -0.3 is 5.11 Å². The lowest BCUT2D eigenvalue weighted by Gasteiger charge is -2.44. The quantitative estimate of drug-likeness (QED) is 0.721. The molecule has 2 saturated carbocycles. The maximum Gasteiger partial charge on any atom is 0.309 e. The summed E-state index contributed by atoms with van der Waals surface area (Å²) in [5.74, 6) is 0.149. The Kier molecular flexibility index (Phi) is 2.36. The Bertz CT molecular complexity index is 308. The molecule has 2 bridgehead atoms. The Hall–Kier alpha value is -0.860. The summed E-state index contributed by atoms with van der Waals surface area (Å²) in [6, 6.07) is 0. The third kappa shape index (κ3) is 1.68. The van der Waals surface area contributed by atoms with E-state index in [0.29, 0.717) is 18.1 Å². The normalized spacial score (nSPS) is 45.2. The van der Waals surface area contributed by atoms with Crippen molar-refractivity contribution in [1.29, 1.82) is 0 Å². The van der Waals surface area contributed by atoms with Crippen LogP contribution < -0.4 is 0 Å². The number of hydrogen-bond acceptors (Lipinski definition) is 2. The van der Waals surface area contributed by atoms with Crippen LogP contribution in [0, 0.1) is 23.2 Å². The van der Waals surface area contributed by atoms with Crippen LogP contribution in [0.2, 0.25) is 0 Å². The van der Waals surface area contributed by atoms with Gasteiger partial charge in [-0.25, -0.2) is 0 Å². The molecular weight excluding hydrogens is 192 g/mol. The summed E-state index contributed by atoms with van der Waals surface area (Å²) in [5, 5.41) is 9.19. The van der Waals surface area contributed by atoms with Crippen molar-refractivity contribution in [2.75, 3.05) is 0 Å². The van der Waals surface area contributed by atoms with Crippen LogP contribution in [0.15, 0.2) is 0 Å². The molecule has 0 heterocycles. The first-order valence-corrected chi connectivity index (χ1v) is 5.69. The number of carbonyl (C=O) groups excluding carboxylic acids is 1. The van der Waals surface area contributed by atoms with Crippen molar-refractivity contribution in [2.45, 2.75) is 39.5 Å². The van der Waals surface area contributed by atoms with Crippen molar-refractivity contribution in [2.24, 2.45) is 23.2 Å². The Labute approximate surface area is 89.9 Å². The molecule has 0 spiro atoms. The van der Waals surface area contributed by atoms with Gasteiger partial charge in [-0.2, -0.15) is 0 Å². The second-order valence-corrected chi connectivity index (χ2v) is 5.61. The fourth-order valence-electron chi connectivity index (χ4n) is 3.42. The highest BCUT2D eigenvalue weighted by molar-refractivity contribution is 5.85. The summed E-state index contributed by atoms with van der Waals surface area (Å²) in [4.78, 5) is 23.0. The summed E-state index contributed by atoms with van der Waals surface area (Å²) < 4.78 is 0. The Morgan fingerprint density at radius 2 is 2.07 bits per heavy atom. The molecule has 1 N–H and O–H groups in total. The number of aliphatic carboxylic acids is 1. The molecule has 0 radical (unpaired) electrons. The van der Waals surface area contributed by atoms with Crippen molar-refractivity contribution >= 4 is 11.8 Å². The van der Waals surface area contributed by atoms with E-state index in [0.717, 1.165) is 19.3 Å². The van der Waals surface area contributed by atoms with Gasteiger partial charge in [0.05, 0.1) is 5.41 Å². The summed E-state index contributed by atoms with van der Waals surface area (Å²) in [6.45, 7) is 3.77. The van der Waals surface area contributed by atoms with Crippen molar-refractivity contribution in [3.05, 3.63) is 0 Å². The number of fused-ring (bicyclic) bond motifs is 2. The molecule has 0 saturated heterocycles. The van der Waals surface area contributed by atoms with Gasteiger partial charge >= 0.3 is 5.97 Å². The first-order chi connectivity index (χ1) is 6.92. The molecule has 2 aliphatic rings. The number of carbonyl (C=O) groups is 2. The summed E-state index contributed by atoms with van der Waals surface area (Å²) in [7, 11) is 0. The van der Waals surface area contributed by atoms with E-state index in [1.807, 2.05) is 6.92 Å². The molecule has 2 aliphatic carbocycles. The Morgan fingerprint density at radius 3 is 2.67 bits per heavy atom. The zero-order valence-electron chi connectivity index (χ0n) is 9.32. The maximum atomic E-state index is 11.9. The third-order valence-corrected chi connectivity index (χ3v) is 4.15. The van der Waals surface area contributed by atoms with E-state index in [2.05, 4.69) is 0 Å². The Balaban J connectivity index is 2.21. The van der Waals surface area contributed by atoms with E-state index in [9.17, 15) is 14.7 Å². The Morgan fingerprint density at radius 1 is 1.40 bits per heavy atom. The van der Waals surface area contributed by atoms with Crippen molar-refractivity contribution in [1.82, 2.24) is 0 Å². The molecule has 15 heavy (non-hydrogen) atoms. The third-order valence-electron chi connectivity index (χ3n) is 4.15. The number of carboxylic acid groups (broad SMARTS) is 1. The van der Waals surface area contributed by atoms with Crippen LogP contribution >= 0.6 is 0 Å². The van der Waals surface area contributed by atoms with E-state index < -0.39 is 11.4 Å². The SMILES string of the molecule is CC1CC2CC(CC(C)(C(=O)O)C2)C1=O. The van der Waals surface area contributed by atoms with Crippen LogP contribution in [0.4, 0.5) is 0 Å². The van der Waals surface area contributed by atoms with Crippen LogP contribution in [-0.4, -0.2) is 16.9 Å². The number of Topliss-reactive ketones (excluding diaryl/α,β-unsaturated/α-hetero) is 1. The summed E-state index contributed by atoms with van der Waals surface area (Å²) in [6.07, 6.45) is 3.10. The fourth-order valence-corrected chi connectivity index (χ4v) is 3.42. The molecule has 3 nitrogen and oxygen atoms in total. The zero-order chi connectivity index (χ0) is 11.2. The molecule has 0 amide bonds. The van der Waals surface area contributed by atoms with Crippen molar-refractivity contribution in [3.8, 4) is 0 Å². The van der Waals surface area contributed by atoms with Crippen LogP contribution in [-0.2, 0) is 9.59 Å². The first kappa shape index (κ1) is 10.7. The zero-order valence-corrected chi connectivity index (χ0v) is 9.32. The van der Waals surface area contributed by atoms with E-state index >= 15 is 0 Å². The monoisotopic (exact) mass is 210 g/mol. The van der Waals surface area contributed by atoms with Crippen molar-refractivity contribution < 1.29 is 14.7 Å². The number of rotatable bonds is 1. The molecule has 4 atom stereocenters. The van der Waals surface area contributed by atoms with Crippen LogP contribution in [0.5, 0.6) is 0 Å². The largest absolute Gasteiger partial charge is 0.481 e. The highest BCUT2D eigenvalue weighted by atomic mass is 16.4. The average Bonchev–Trinajstić information content (AvgIpc) is 2.13. The minimum Gasteiger partial charge on any atom is -0.481 e. The smallest absolute Gasteiger partial charge is 0.309 e. The average molecular weight is 210 g/mol. The van der Waals surface area contributed by atoms with Gasteiger partial charge in [0.25, 0.3) is 0 Å². The molecule has 0 aromatic carbocycles. The molecule has 0 aromatic heterocycles. The topological polar surface area (TPSA) is 54.4 Å². The van der Waals surface area contributed by atoms with Gasteiger partial charge in [0.1, 0.15) is 5.78 Å². The molecule has 3 heteroatoms. The van der Waals surface area contributed by atoms with Gasteiger partial charge in [-0.1, -0.05) is 6.92 Å². The lowest BCUT2D eigenvalue weighted by molar-refractivity contribution is -0.155. The fraction of sp³-hybridized carbons (Fsp3) is 0.833. The van der Waals surface area contributed by atoms with Gasteiger partial charge in [-0.15, -0.1) is 0 Å². The van der Waals surface area contributed by atoms with Crippen molar-refractivity contribution in [3.63, 3.8) is 0 Å². The summed E-state index contributed by atoms with van der Waals surface area (Å²) in [5.41, 5.74) is -0.663.